The monoisotopic (exact) mass is 261 g/mol. The average molecular weight is 261 g/mol. The first-order chi connectivity index (χ1) is 9.23. The van der Waals surface area contributed by atoms with Gasteiger partial charge in [-0.25, -0.2) is 0 Å². The number of hydrogen-bond donors (Lipinski definition) is 1. The van der Waals surface area contributed by atoms with E-state index >= 15 is 0 Å². The third-order valence-corrected chi connectivity index (χ3v) is 4.35. The number of nitrogens with one attached hydrogen (secondary N) is 1. The summed E-state index contributed by atoms with van der Waals surface area (Å²) in [6.45, 7) is 8.56. The Balaban J connectivity index is 2.08. The molecule has 0 saturated carbocycles. The maximum Gasteiger partial charge on any atom is 0.0957 e. The van der Waals surface area contributed by atoms with Crippen LogP contribution in [0.25, 0.3) is 0 Å². The van der Waals surface area contributed by atoms with Crippen molar-refractivity contribution in [1.82, 2.24) is 5.32 Å². The zero-order valence-corrected chi connectivity index (χ0v) is 12.5. The summed E-state index contributed by atoms with van der Waals surface area (Å²) < 4.78 is 6.40. The van der Waals surface area contributed by atoms with Crippen molar-refractivity contribution in [2.24, 2.45) is 0 Å². The molecule has 0 aliphatic carbocycles. The normalized spacial score (nSPS) is 22.4. The standard InChI is InChI=1S/C17H27NO/c1-4-7-14-8-10-15(11-9-14)16-12-18-13-17(5-2,6-3)19-16/h8-11,16,18H,4-7,12-13H2,1-3H3. The molecule has 0 amide bonds. The third-order valence-electron chi connectivity index (χ3n) is 4.35. The number of benzene rings is 1. The summed E-state index contributed by atoms with van der Waals surface area (Å²) in [5.74, 6) is 0. The van der Waals surface area contributed by atoms with Crippen molar-refractivity contribution in [3.05, 3.63) is 35.4 Å². The quantitative estimate of drug-likeness (QED) is 0.869. The zero-order valence-electron chi connectivity index (χ0n) is 12.5. The Morgan fingerprint density at radius 2 is 1.84 bits per heavy atom. The van der Waals surface area contributed by atoms with Gasteiger partial charge in [0.15, 0.2) is 0 Å². The van der Waals surface area contributed by atoms with Gasteiger partial charge in [0, 0.05) is 13.1 Å². The first-order valence-corrected chi connectivity index (χ1v) is 7.70. The van der Waals surface area contributed by atoms with Crippen molar-refractivity contribution in [3.63, 3.8) is 0 Å². The van der Waals surface area contributed by atoms with E-state index in [0.29, 0.717) is 0 Å². The first-order valence-electron chi connectivity index (χ1n) is 7.70. The summed E-state index contributed by atoms with van der Waals surface area (Å²) >= 11 is 0. The van der Waals surface area contributed by atoms with Crippen molar-refractivity contribution in [2.75, 3.05) is 13.1 Å². The van der Waals surface area contributed by atoms with Crippen LogP contribution in [0.1, 0.15) is 57.3 Å². The van der Waals surface area contributed by atoms with Crippen LogP contribution < -0.4 is 5.32 Å². The SMILES string of the molecule is CCCc1ccc(C2CNCC(CC)(CC)O2)cc1. The highest BCUT2D eigenvalue weighted by atomic mass is 16.5. The molecule has 1 saturated heterocycles. The van der Waals surface area contributed by atoms with Gasteiger partial charge in [0.05, 0.1) is 11.7 Å². The molecule has 1 atom stereocenters. The maximum atomic E-state index is 6.40. The van der Waals surface area contributed by atoms with Gasteiger partial charge < -0.3 is 10.1 Å². The molecular formula is C17H27NO. The molecule has 2 nitrogen and oxygen atoms in total. The second-order valence-electron chi connectivity index (χ2n) is 5.62. The van der Waals surface area contributed by atoms with Crippen LogP contribution in [0, 0.1) is 0 Å². The lowest BCUT2D eigenvalue weighted by Crippen LogP contribution is -2.50. The van der Waals surface area contributed by atoms with E-state index in [1.165, 1.54) is 17.5 Å². The number of aryl methyl sites for hydroxylation is 1. The molecule has 1 fully saturated rings. The maximum absolute atomic E-state index is 6.40. The van der Waals surface area contributed by atoms with Crippen molar-refractivity contribution < 1.29 is 4.74 Å². The van der Waals surface area contributed by atoms with Crippen LogP contribution in [0.15, 0.2) is 24.3 Å². The summed E-state index contributed by atoms with van der Waals surface area (Å²) in [5, 5.41) is 3.54. The van der Waals surface area contributed by atoms with Crippen LogP contribution in [0.3, 0.4) is 0 Å². The number of morpholine rings is 1. The molecule has 1 aromatic rings. The fraction of sp³-hybridized carbons (Fsp3) is 0.647. The minimum Gasteiger partial charge on any atom is -0.364 e. The molecule has 1 heterocycles. The highest BCUT2D eigenvalue weighted by Crippen LogP contribution is 2.31. The van der Waals surface area contributed by atoms with Gasteiger partial charge in [-0.15, -0.1) is 0 Å². The van der Waals surface area contributed by atoms with Crippen molar-refractivity contribution in [1.29, 1.82) is 0 Å². The summed E-state index contributed by atoms with van der Waals surface area (Å²) in [5.41, 5.74) is 2.75. The number of hydrogen-bond acceptors (Lipinski definition) is 2. The molecule has 0 radical (unpaired) electrons. The second kappa shape index (κ2) is 6.53. The topological polar surface area (TPSA) is 21.3 Å². The molecule has 106 valence electrons. The molecule has 1 N–H and O–H groups in total. The predicted molar refractivity (Wildman–Crippen MR) is 80.4 cm³/mol. The lowest BCUT2D eigenvalue weighted by Gasteiger charge is -2.41. The Morgan fingerprint density at radius 3 is 2.42 bits per heavy atom. The van der Waals surface area contributed by atoms with Crippen molar-refractivity contribution >= 4 is 0 Å². The smallest absolute Gasteiger partial charge is 0.0957 e. The lowest BCUT2D eigenvalue weighted by molar-refractivity contribution is -0.122. The van der Waals surface area contributed by atoms with Crippen molar-refractivity contribution in [3.8, 4) is 0 Å². The Kier molecular flexibility index (Phi) is 5.00. The summed E-state index contributed by atoms with van der Waals surface area (Å²) in [6, 6.07) is 8.96. The van der Waals surface area contributed by atoms with Crippen LogP contribution in [0.4, 0.5) is 0 Å². The summed E-state index contributed by atoms with van der Waals surface area (Å²) in [7, 11) is 0. The van der Waals surface area contributed by atoms with Crippen LogP contribution in [-0.2, 0) is 11.2 Å². The Hall–Kier alpha value is -0.860. The molecule has 0 bridgehead atoms. The predicted octanol–water partition coefficient (Wildman–Crippen LogP) is 3.86. The van der Waals surface area contributed by atoms with Crippen LogP contribution in [0.5, 0.6) is 0 Å². The second-order valence-corrected chi connectivity index (χ2v) is 5.62. The molecule has 2 rings (SSSR count). The minimum absolute atomic E-state index is 0.0189. The van der Waals surface area contributed by atoms with Gasteiger partial charge in [-0.05, 0) is 30.4 Å². The van der Waals surface area contributed by atoms with Gasteiger partial charge in [0.1, 0.15) is 0 Å². The van der Waals surface area contributed by atoms with E-state index in [9.17, 15) is 0 Å². The van der Waals surface area contributed by atoms with E-state index in [-0.39, 0.29) is 11.7 Å². The van der Waals surface area contributed by atoms with Gasteiger partial charge in [-0.2, -0.15) is 0 Å². The molecule has 19 heavy (non-hydrogen) atoms. The van der Waals surface area contributed by atoms with Gasteiger partial charge in [-0.3, -0.25) is 0 Å². The lowest BCUT2D eigenvalue weighted by atomic mass is 9.93. The highest BCUT2D eigenvalue weighted by molar-refractivity contribution is 5.25. The number of rotatable bonds is 5. The van der Waals surface area contributed by atoms with Crippen LogP contribution in [-0.4, -0.2) is 18.7 Å². The van der Waals surface area contributed by atoms with Gasteiger partial charge >= 0.3 is 0 Å². The molecule has 1 aliphatic rings. The largest absolute Gasteiger partial charge is 0.364 e. The molecule has 1 aromatic carbocycles. The Labute approximate surface area is 117 Å². The molecule has 0 spiro atoms. The van der Waals surface area contributed by atoms with E-state index in [2.05, 4.69) is 50.4 Å². The summed E-state index contributed by atoms with van der Waals surface area (Å²) in [4.78, 5) is 0. The van der Waals surface area contributed by atoms with E-state index in [4.69, 9.17) is 4.74 Å². The molecule has 1 aliphatic heterocycles. The van der Waals surface area contributed by atoms with E-state index in [1.807, 2.05) is 0 Å². The average Bonchev–Trinajstić information content (AvgIpc) is 2.48. The van der Waals surface area contributed by atoms with Gasteiger partial charge in [0.2, 0.25) is 0 Å². The molecule has 0 aromatic heterocycles. The summed E-state index contributed by atoms with van der Waals surface area (Å²) in [6.07, 6.45) is 4.71. The Morgan fingerprint density at radius 1 is 1.16 bits per heavy atom. The first kappa shape index (κ1) is 14.5. The zero-order chi connectivity index (χ0) is 13.7. The van der Waals surface area contributed by atoms with Gasteiger partial charge in [0.25, 0.3) is 0 Å². The molecule has 1 unspecified atom stereocenters. The van der Waals surface area contributed by atoms with E-state index in [1.54, 1.807) is 0 Å². The van der Waals surface area contributed by atoms with E-state index in [0.717, 1.165) is 32.4 Å². The third kappa shape index (κ3) is 3.37. The molecule has 2 heteroatoms. The van der Waals surface area contributed by atoms with E-state index < -0.39 is 0 Å². The van der Waals surface area contributed by atoms with Crippen LogP contribution in [0.2, 0.25) is 0 Å². The van der Waals surface area contributed by atoms with Gasteiger partial charge in [-0.1, -0.05) is 51.5 Å². The minimum atomic E-state index is 0.0189. The number of ether oxygens (including phenoxy) is 1. The fourth-order valence-corrected chi connectivity index (χ4v) is 2.86. The highest BCUT2D eigenvalue weighted by Gasteiger charge is 2.34. The van der Waals surface area contributed by atoms with Crippen LogP contribution >= 0.6 is 0 Å². The fourth-order valence-electron chi connectivity index (χ4n) is 2.86. The van der Waals surface area contributed by atoms with Crippen molar-refractivity contribution in [2.45, 2.75) is 58.2 Å². The molecular weight excluding hydrogens is 234 g/mol. The Bertz CT molecular complexity index is 381.